The van der Waals surface area contributed by atoms with Crippen molar-refractivity contribution in [3.05, 3.63) is 74.4 Å². The van der Waals surface area contributed by atoms with E-state index in [0.717, 1.165) is 6.07 Å². The number of rotatable bonds is 7. The van der Waals surface area contributed by atoms with Crippen molar-refractivity contribution in [3.8, 4) is 11.4 Å². The summed E-state index contributed by atoms with van der Waals surface area (Å²) in [5.41, 5.74) is 0.388. The van der Waals surface area contributed by atoms with E-state index >= 15 is 0 Å². The summed E-state index contributed by atoms with van der Waals surface area (Å²) in [5, 5.41) is 16.7. The van der Waals surface area contributed by atoms with Crippen molar-refractivity contribution in [3.63, 3.8) is 0 Å². The summed E-state index contributed by atoms with van der Waals surface area (Å²) in [6.07, 6.45) is 0. The molecule has 1 heterocycles. The molecule has 10 nitrogen and oxygen atoms in total. The minimum Gasteiger partial charge on any atom is -0.454 e. The number of nitro benzene ring substituents is 1. The van der Waals surface area contributed by atoms with Crippen molar-refractivity contribution in [2.45, 2.75) is 13.5 Å². The zero-order chi connectivity index (χ0) is 22.5. The number of halogens is 2. The largest absolute Gasteiger partial charge is 0.454 e. The molecule has 31 heavy (non-hydrogen) atoms. The van der Waals surface area contributed by atoms with E-state index < -0.39 is 34.8 Å². The molecule has 0 bridgehead atoms. The van der Waals surface area contributed by atoms with Crippen LogP contribution in [0.25, 0.3) is 11.4 Å². The first-order chi connectivity index (χ1) is 14.7. The third-order valence-electron chi connectivity index (χ3n) is 4.05. The number of nitro groups is 1. The molecule has 0 aliphatic rings. The number of ether oxygens (including phenoxy) is 1. The predicted octanol–water partition coefficient (Wildman–Crippen LogP) is 3.22. The van der Waals surface area contributed by atoms with E-state index in [1.807, 2.05) is 0 Å². The Bertz CT molecular complexity index is 1170. The van der Waals surface area contributed by atoms with Gasteiger partial charge in [0.05, 0.1) is 4.92 Å². The van der Waals surface area contributed by atoms with Crippen molar-refractivity contribution in [1.82, 2.24) is 15.5 Å². The normalized spacial score (nSPS) is 10.5. The van der Waals surface area contributed by atoms with Crippen LogP contribution < -0.4 is 5.32 Å². The Kier molecular flexibility index (Phi) is 6.55. The van der Waals surface area contributed by atoms with Crippen LogP contribution in [-0.4, -0.2) is 33.5 Å². The van der Waals surface area contributed by atoms with Crippen molar-refractivity contribution in [2.75, 3.05) is 6.54 Å². The molecular weight excluding hydrogens is 435 g/mol. The fourth-order valence-corrected chi connectivity index (χ4v) is 2.59. The number of aryl methyl sites for hydroxylation is 1. The molecule has 1 aromatic heterocycles. The third kappa shape index (κ3) is 5.39. The molecule has 0 aliphatic heterocycles. The SMILES string of the molecule is Cc1ccc(-c2noc(COC(=O)CNC(=O)c3ccc(Cl)c([N+](=O)[O-])c3)n2)cc1F. The number of aromatic nitrogens is 2. The van der Waals surface area contributed by atoms with Gasteiger partial charge in [0.15, 0.2) is 6.61 Å². The van der Waals surface area contributed by atoms with Crippen LogP contribution in [0.15, 0.2) is 40.9 Å². The number of esters is 1. The van der Waals surface area contributed by atoms with Gasteiger partial charge in [-0.2, -0.15) is 4.98 Å². The number of carbonyl (C=O) groups excluding carboxylic acids is 2. The Morgan fingerprint density at radius 2 is 2.06 bits per heavy atom. The molecule has 0 saturated carbocycles. The van der Waals surface area contributed by atoms with E-state index in [9.17, 15) is 24.1 Å². The molecule has 0 spiro atoms. The summed E-state index contributed by atoms with van der Waals surface area (Å²) in [7, 11) is 0. The van der Waals surface area contributed by atoms with E-state index in [4.69, 9.17) is 20.9 Å². The fourth-order valence-electron chi connectivity index (χ4n) is 2.40. The number of hydrogen-bond donors (Lipinski definition) is 1. The van der Waals surface area contributed by atoms with Crippen LogP contribution in [0.2, 0.25) is 5.02 Å². The van der Waals surface area contributed by atoms with Crippen LogP contribution >= 0.6 is 11.6 Å². The Morgan fingerprint density at radius 1 is 1.29 bits per heavy atom. The second-order valence-electron chi connectivity index (χ2n) is 6.24. The average molecular weight is 449 g/mol. The molecule has 0 fully saturated rings. The van der Waals surface area contributed by atoms with Gasteiger partial charge in [0.25, 0.3) is 17.5 Å². The van der Waals surface area contributed by atoms with Crippen LogP contribution in [0, 0.1) is 22.9 Å². The predicted molar refractivity (Wildman–Crippen MR) is 105 cm³/mol. The zero-order valence-electron chi connectivity index (χ0n) is 15.9. The molecule has 0 aliphatic carbocycles. The van der Waals surface area contributed by atoms with Gasteiger partial charge in [-0.15, -0.1) is 0 Å². The smallest absolute Gasteiger partial charge is 0.325 e. The second-order valence-corrected chi connectivity index (χ2v) is 6.65. The molecule has 0 saturated heterocycles. The number of hydrogen-bond acceptors (Lipinski definition) is 8. The highest BCUT2D eigenvalue weighted by atomic mass is 35.5. The van der Waals surface area contributed by atoms with E-state index in [1.165, 1.54) is 18.2 Å². The first-order valence-electron chi connectivity index (χ1n) is 8.71. The molecule has 1 amide bonds. The molecule has 160 valence electrons. The quantitative estimate of drug-likeness (QED) is 0.330. The lowest BCUT2D eigenvalue weighted by Gasteiger charge is -2.05. The molecule has 3 aromatic rings. The molecular formula is C19H14ClFN4O6. The Morgan fingerprint density at radius 3 is 2.77 bits per heavy atom. The van der Waals surface area contributed by atoms with Crippen LogP contribution in [0.5, 0.6) is 0 Å². The molecule has 0 unspecified atom stereocenters. The lowest BCUT2D eigenvalue weighted by Crippen LogP contribution is -2.30. The minimum absolute atomic E-state index is 0.0241. The zero-order valence-corrected chi connectivity index (χ0v) is 16.7. The van der Waals surface area contributed by atoms with Gasteiger partial charge in [0.1, 0.15) is 17.4 Å². The van der Waals surface area contributed by atoms with E-state index in [1.54, 1.807) is 19.1 Å². The van der Waals surface area contributed by atoms with Gasteiger partial charge in [-0.3, -0.25) is 19.7 Å². The van der Waals surface area contributed by atoms with Crippen LogP contribution in [0.3, 0.4) is 0 Å². The van der Waals surface area contributed by atoms with E-state index in [0.29, 0.717) is 11.1 Å². The van der Waals surface area contributed by atoms with Crippen LogP contribution in [0.1, 0.15) is 21.8 Å². The van der Waals surface area contributed by atoms with Crippen LogP contribution in [0.4, 0.5) is 10.1 Å². The maximum atomic E-state index is 13.6. The number of nitrogens with zero attached hydrogens (tertiary/aromatic N) is 3. The first-order valence-corrected chi connectivity index (χ1v) is 9.09. The molecule has 3 rings (SSSR count). The topological polar surface area (TPSA) is 137 Å². The summed E-state index contributed by atoms with van der Waals surface area (Å²) in [4.78, 5) is 38.1. The highest BCUT2D eigenvalue weighted by Gasteiger charge is 2.17. The van der Waals surface area contributed by atoms with Crippen molar-refractivity contribution in [1.29, 1.82) is 0 Å². The Balaban J connectivity index is 1.52. The Labute approximate surface area is 179 Å². The average Bonchev–Trinajstić information content (AvgIpc) is 3.21. The lowest BCUT2D eigenvalue weighted by atomic mass is 10.1. The first kappa shape index (κ1) is 21.8. The maximum absolute atomic E-state index is 13.6. The van der Waals surface area contributed by atoms with Gasteiger partial charge < -0.3 is 14.6 Å². The minimum atomic E-state index is -0.807. The van der Waals surface area contributed by atoms with Gasteiger partial charge in [-0.25, -0.2) is 4.39 Å². The lowest BCUT2D eigenvalue weighted by molar-refractivity contribution is -0.384. The van der Waals surface area contributed by atoms with Gasteiger partial charge >= 0.3 is 5.97 Å². The Hall–Kier alpha value is -3.86. The molecule has 0 atom stereocenters. The molecule has 2 aromatic carbocycles. The van der Waals surface area contributed by atoms with Gasteiger partial charge in [0.2, 0.25) is 5.82 Å². The fraction of sp³-hybridized carbons (Fsp3) is 0.158. The molecule has 0 radical (unpaired) electrons. The molecule has 12 heteroatoms. The van der Waals surface area contributed by atoms with Gasteiger partial charge in [-0.1, -0.05) is 28.9 Å². The van der Waals surface area contributed by atoms with E-state index in [2.05, 4.69) is 15.5 Å². The number of benzene rings is 2. The number of amides is 1. The van der Waals surface area contributed by atoms with E-state index in [-0.39, 0.29) is 28.9 Å². The number of nitrogens with one attached hydrogen (secondary N) is 1. The standard InChI is InChI=1S/C19H14ClFN4O6/c1-10-2-3-11(6-14(10)21)18-23-16(31-24-18)9-30-17(26)8-22-19(27)12-4-5-13(20)15(7-12)25(28)29/h2-7H,8-9H2,1H3,(H,22,27). The summed E-state index contributed by atoms with van der Waals surface area (Å²) < 4.78 is 23.5. The summed E-state index contributed by atoms with van der Waals surface area (Å²) >= 11 is 5.69. The highest BCUT2D eigenvalue weighted by molar-refractivity contribution is 6.32. The van der Waals surface area contributed by atoms with Crippen molar-refractivity contribution < 1.29 is 28.2 Å². The van der Waals surface area contributed by atoms with Gasteiger partial charge in [0, 0.05) is 17.2 Å². The third-order valence-corrected chi connectivity index (χ3v) is 4.37. The summed E-state index contributed by atoms with van der Waals surface area (Å²) in [5.74, 6) is -1.85. The van der Waals surface area contributed by atoms with Crippen molar-refractivity contribution >= 4 is 29.2 Å². The molecule has 1 N–H and O–H groups in total. The highest BCUT2D eigenvalue weighted by Crippen LogP contribution is 2.25. The summed E-state index contributed by atoms with van der Waals surface area (Å²) in [6.45, 7) is 0.759. The van der Waals surface area contributed by atoms with Gasteiger partial charge in [-0.05, 0) is 30.7 Å². The maximum Gasteiger partial charge on any atom is 0.325 e. The number of carbonyl (C=O) groups is 2. The second kappa shape index (κ2) is 9.30. The summed E-state index contributed by atoms with van der Waals surface area (Å²) in [6, 6.07) is 7.93. The van der Waals surface area contributed by atoms with Crippen molar-refractivity contribution in [2.24, 2.45) is 0 Å². The monoisotopic (exact) mass is 448 g/mol. The van der Waals surface area contributed by atoms with Crippen LogP contribution in [-0.2, 0) is 16.1 Å².